The number of carboxylic acid groups (broad SMARTS) is 2. The van der Waals surface area contributed by atoms with Gasteiger partial charge in [-0.1, -0.05) is 97.1 Å². The van der Waals surface area contributed by atoms with Crippen molar-refractivity contribution >= 4 is 35.1 Å². The molecule has 288 valence electrons. The maximum absolute atomic E-state index is 14.6. The van der Waals surface area contributed by atoms with Crippen LogP contribution >= 0.6 is 11.3 Å². The van der Waals surface area contributed by atoms with Crippen LogP contribution < -0.4 is 9.47 Å². The van der Waals surface area contributed by atoms with Crippen molar-refractivity contribution < 1.29 is 38.9 Å². The summed E-state index contributed by atoms with van der Waals surface area (Å²) in [4.78, 5) is 58.9. The molecule has 0 bridgehead atoms. The summed E-state index contributed by atoms with van der Waals surface area (Å²) in [5, 5.41) is 23.1. The number of aliphatic carboxylic acids is 2. The lowest BCUT2D eigenvalue weighted by Gasteiger charge is -2.48. The molecule has 1 heterocycles. The minimum absolute atomic E-state index is 0.0711. The van der Waals surface area contributed by atoms with Crippen LogP contribution in [0.4, 0.5) is 0 Å². The molecule has 1 aliphatic rings. The molecule has 1 aliphatic carbocycles. The van der Waals surface area contributed by atoms with Gasteiger partial charge in [0.1, 0.15) is 23.0 Å². The number of ether oxygens (including phenoxy) is 2. The van der Waals surface area contributed by atoms with Crippen LogP contribution in [0.15, 0.2) is 157 Å². The minimum atomic E-state index is -1.56. The first-order chi connectivity index (χ1) is 27.7. The summed E-state index contributed by atoms with van der Waals surface area (Å²) < 4.78 is 11.8. The van der Waals surface area contributed by atoms with Gasteiger partial charge >= 0.3 is 11.9 Å². The van der Waals surface area contributed by atoms with Gasteiger partial charge in [-0.15, -0.1) is 11.3 Å². The first kappa shape index (κ1) is 38.6. The molecule has 57 heavy (non-hydrogen) atoms. The second-order valence-corrected chi connectivity index (χ2v) is 14.9. The summed E-state index contributed by atoms with van der Waals surface area (Å²) in [7, 11) is 0. The Kier molecular flexibility index (Phi) is 12.1. The third kappa shape index (κ3) is 9.40. The van der Waals surface area contributed by atoms with Gasteiger partial charge in [0.05, 0.1) is 30.2 Å². The number of rotatable bonds is 16. The van der Waals surface area contributed by atoms with Gasteiger partial charge < -0.3 is 29.5 Å². The van der Waals surface area contributed by atoms with E-state index in [9.17, 15) is 29.4 Å². The lowest BCUT2D eigenvalue weighted by Crippen LogP contribution is -2.64. The van der Waals surface area contributed by atoms with E-state index in [0.717, 1.165) is 21.6 Å². The van der Waals surface area contributed by atoms with Gasteiger partial charge in [-0.05, 0) is 76.7 Å². The molecule has 0 spiro atoms. The second-order valence-electron chi connectivity index (χ2n) is 13.9. The summed E-state index contributed by atoms with van der Waals surface area (Å²) in [5.41, 5.74) is 2.25. The minimum Gasteiger partial charge on any atom is -0.481 e. The molecule has 1 aromatic heterocycles. The van der Waals surface area contributed by atoms with Gasteiger partial charge in [0.25, 0.3) is 0 Å². The molecule has 0 aliphatic heterocycles. The number of amides is 2. The molecule has 2 unspecified atom stereocenters. The molecular formula is C46H40N2O8S. The Balaban J connectivity index is 1.13. The Morgan fingerprint density at radius 1 is 0.439 bits per heavy atom. The zero-order chi connectivity index (χ0) is 39.7. The van der Waals surface area contributed by atoms with Crippen molar-refractivity contribution in [3.05, 3.63) is 179 Å². The number of hydrogen-bond donors (Lipinski definition) is 2. The quantitative estimate of drug-likeness (QED) is 0.0997. The fraction of sp³-hybridized carbons (Fsp3) is 0.174. The van der Waals surface area contributed by atoms with Crippen molar-refractivity contribution in [2.24, 2.45) is 23.7 Å². The third-order valence-corrected chi connectivity index (χ3v) is 10.9. The van der Waals surface area contributed by atoms with Gasteiger partial charge in [0.2, 0.25) is 11.8 Å². The summed E-state index contributed by atoms with van der Waals surface area (Å²) in [6.07, 6.45) is 0. The number of carbonyl (C=O) groups excluding carboxylic acids is 2. The molecule has 11 heteroatoms. The van der Waals surface area contributed by atoms with Gasteiger partial charge in [-0.3, -0.25) is 19.2 Å². The Bertz CT molecular complexity index is 2250. The monoisotopic (exact) mass is 780 g/mol. The molecule has 0 radical (unpaired) electrons. The molecule has 7 rings (SSSR count). The lowest BCUT2D eigenvalue weighted by atomic mass is 9.55. The average Bonchev–Trinajstić information content (AvgIpc) is 3.72. The van der Waals surface area contributed by atoms with Crippen LogP contribution in [0.3, 0.4) is 0 Å². The maximum Gasteiger partial charge on any atom is 0.308 e. The van der Waals surface area contributed by atoms with E-state index in [1.807, 2.05) is 133 Å². The first-order valence-electron chi connectivity index (χ1n) is 18.5. The second kappa shape index (κ2) is 17.8. The number of hydrogen-bond acceptors (Lipinski definition) is 7. The number of benzene rings is 5. The van der Waals surface area contributed by atoms with Crippen molar-refractivity contribution in [2.75, 3.05) is 0 Å². The first-order valence-corrected chi connectivity index (χ1v) is 19.3. The van der Waals surface area contributed by atoms with E-state index in [2.05, 4.69) is 0 Å². The van der Waals surface area contributed by atoms with Crippen LogP contribution in [0.25, 0.3) is 0 Å². The largest absolute Gasteiger partial charge is 0.481 e. The molecule has 2 amide bonds. The zero-order valence-electron chi connectivity index (χ0n) is 30.8. The zero-order valence-corrected chi connectivity index (χ0v) is 31.6. The van der Waals surface area contributed by atoms with E-state index >= 15 is 0 Å². The fourth-order valence-corrected chi connectivity index (χ4v) is 7.95. The Hall–Kier alpha value is -6.72. The number of nitrogens with zero attached hydrogens (tertiary/aromatic N) is 2. The van der Waals surface area contributed by atoms with Crippen LogP contribution in [-0.2, 0) is 45.4 Å². The van der Waals surface area contributed by atoms with Gasteiger partial charge in [-0.2, -0.15) is 0 Å². The highest BCUT2D eigenvalue weighted by atomic mass is 32.1. The number of para-hydroxylation sites is 2. The third-order valence-electron chi connectivity index (χ3n) is 10.0. The van der Waals surface area contributed by atoms with E-state index in [1.165, 1.54) is 21.1 Å². The van der Waals surface area contributed by atoms with Crippen LogP contribution in [0.1, 0.15) is 21.6 Å². The number of carbonyl (C=O) groups is 4. The summed E-state index contributed by atoms with van der Waals surface area (Å²) in [6, 6.07) is 45.9. The van der Waals surface area contributed by atoms with Gasteiger partial charge in [0.15, 0.2) is 0 Å². The maximum atomic E-state index is 14.6. The highest BCUT2D eigenvalue weighted by molar-refractivity contribution is 7.09. The topological polar surface area (TPSA) is 134 Å². The molecule has 10 nitrogen and oxygen atoms in total. The van der Waals surface area contributed by atoms with E-state index in [4.69, 9.17) is 9.47 Å². The summed E-state index contributed by atoms with van der Waals surface area (Å²) in [5.74, 6) is -7.62. The summed E-state index contributed by atoms with van der Waals surface area (Å²) in [6.45, 7) is 0.392. The van der Waals surface area contributed by atoms with E-state index in [1.54, 1.807) is 24.3 Å². The van der Waals surface area contributed by atoms with Crippen molar-refractivity contribution in [1.29, 1.82) is 0 Å². The van der Waals surface area contributed by atoms with E-state index < -0.39 is 47.4 Å². The van der Waals surface area contributed by atoms with Gasteiger partial charge in [0, 0.05) is 24.5 Å². The van der Waals surface area contributed by atoms with Crippen LogP contribution in [0.5, 0.6) is 23.0 Å². The molecule has 6 aromatic rings. The Morgan fingerprint density at radius 3 is 1.19 bits per heavy atom. The summed E-state index contributed by atoms with van der Waals surface area (Å²) >= 11 is 1.43. The Morgan fingerprint density at radius 2 is 0.807 bits per heavy atom. The number of carboxylic acids is 2. The van der Waals surface area contributed by atoms with Crippen molar-refractivity contribution in [3.8, 4) is 23.0 Å². The van der Waals surface area contributed by atoms with Crippen molar-refractivity contribution in [3.63, 3.8) is 0 Å². The molecule has 1 fully saturated rings. The predicted octanol–water partition coefficient (Wildman–Crippen LogP) is 8.74. The lowest BCUT2D eigenvalue weighted by molar-refractivity contribution is -0.188. The van der Waals surface area contributed by atoms with Crippen LogP contribution in [-0.4, -0.2) is 43.8 Å². The van der Waals surface area contributed by atoms with E-state index in [0.29, 0.717) is 23.0 Å². The molecule has 0 saturated heterocycles. The van der Waals surface area contributed by atoms with E-state index in [-0.39, 0.29) is 26.2 Å². The Labute approximate surface area is 334 Å². The molecular weight excluding hydrogens is 741 g/mol. The van der Waals surface area contributed by atoms with Gasteiger partial charge in [-0.25, -0.2) is 0 Å². The predicted molar refractivity (Wildman–Crippen MR) is 214 cm³/mol. The SMILES string of the molecule is O=C(O)C1C(C(=O)N(Cc2ccccc2)Cc2ccc(Oc3ccccc3)cc2)C(C(=O)O)C1C(=O)N(Cc1ccc(Oc2ccccc2)cc1)Cc1cccs1. The normalized spacial score (nSPS) is 17.1. The van der Waals surface area contributed by atoms with Crippen molar-refractivity contribution in [1.82, 2.24) is 9.80 Å². The molecule has 1 saturated carbocycles. The average molecular weight is 781 g/mol. The molecule has 2 N–H and O–H groups in total. The van der Waals surface area contributed by atoms with Crippen molar-refractivity contribution in [2.45, 2.75) is 26.2 Å². The standard InChI is InChI=1S/C46H40N2O8S/c49-43(47(27-31-11-4-1-5-12-31)28-32-18-22-36(23-19-32)55-34-13-6-2-7-14-34)39-41(45(51)52)40(42(39)46(53)54)44(50)48(30-38-17-10-26-57-38)29-33-20-24-37(25-21-33)56-35-15-8-3-9-16-35/h1-26,39-42H,27-30H2,(H,51,52)(H,53,54). The smallest absolute Gasteiger partial charge is 0.308 e. The highest BCUT2D eigenvalue weighted by Crippen LogP contribution is 2.49. The number of thiophene rings is 1. The van der Waals surface area contributed by atoms with Crippen LogP contribution in [0, 0.1) is 23.7 Å². The van der Waals surface area contributed by atoms with Crippen LogP contribution in [0.2, 0.25) is 0 Å². The highest BCUT2D eigenvalue weighted by Gasteiger charge is 2.65. The molecule has 2 atom stereocenters. The molecule has 5 aromatic carbocycles. The fourth-order valence-electron chi connectivity index (χ4n) is 7.23.